The lowest BCUT2D eigenvalue weighted by Crippen LogP contribution is -2.38. The zero-order valence-corrected chi connectivity index (χ0v) is 14.2. The standard InChI is InChI=1S/C18H18ClFN4S/c19-16-9-15-17(21-11-22-18(15)25-16)23-14-4-6-24(7-5-14)10-12-2-1-3-13(20)8-12/h1-3,8-9,11,14H,4-7,10H2,(H,21,22,23)/i2D,3D,4D2,5D2,8D,9D,10D2/hD. The molecule has 1 N–H and O–H groups in total. The number of aromatic nitrogens is 2. The summed E-state index contributed by atoms with van der Waals surface area (Å²) >= 11 is 6.97. The van der Waals surface area contributed by atoms with E-state index in [1.807, 2.05) is 0 Å². The van der Waals surface area contributed by atoms with E-state index in [4.69, 9.17) is 26.7 Å². The SMILES string of the molecule is [2H]c1cc([2H])c(C([2H])([2H])N2CC([2H])([2H])C(N([2H])c3ncnc4sc(Cl)c([2H])c34)C([2H])([2H])C2)c([2H])c1F. The van der Waals surface area contributed by atoms with Crippen LogP contribution in [0.1, 0.15) is 32.0 Å². The minimum Gasteiger partial charge on any atom is -0.367 e. The average molecular weight is 388 g/mol. The maximum absolute atomic E-state index is 14.2. The normalized spacial score (nSPS) is 27.4. The number of piperidine rings is 1. The summed E-state index contributed by atoms with van der Waals surface area (Å²) in [7, 11) is 0. The molecule has 1 saturated heterocycles. The Morgan fingerprint density at radius 1 is 1.44 bits per heavy atom. The van der Waals surface area contributed by atoms with Crippen molar-refractivity contribution in [2.75, 3.05) is 18.4 Å². The summed E-state index contributed by atoms with van der Waals surface area (Å²) < 4.78 is 106. The Bertz CT molecular complexity index is 1340. The van der Waals surface area contributed by atoms with Crippen LogP contribution in [0.5, 0.6) is 0 Å². The van der Waals surface area contributed by atoms with Crippen LogP contribution in [0.2, 0.25) is 5.75 Å². The molecule has 0 bridgehead atoms. The fraction of sp³-hybridized carbons (Fsp3) is 0.333. The number of anilines is 1. The minimum absolute atomic E-state index is 0.0514. The number of nitrogens with zero attached hydrogens (tertiary/aromatic N) is 3. The molecule has 0 spiro atoms. The number of rotatable bonds is 4. The quantitative estimate of drug-likeness (QED) is 0.712. The van der Waals surface area contributed by atoms with Crippen molar-refractivity contribution in [3.8, 4) is 0 Å². The Labute approximate surface area is 170 Å². The van der Waals surface area contributed by atoms with Crippen LogP contribution in [0.25, 0.3) is 10.2 Å². The number of hydrogen-bond donors (Lipinski definition) is 1. The maximum Gasteiger partial charge on any atom is 0.162 e. The Hall–Kier alpha value is -1.76. The number of thiophene rings is 1. The van der Waals surface area contributed by atoms with Gasteiger partial charge in [-0.3, -0.25) is 4.90 Å². The summed E-state index contributed by atoms with van der Waals surface area (Å²) in [5.74, 6) is -1.59. The lowest BCUT2D eigenvalue weighted by Gasteiger charge is -2.32. The molecule has 7 heteroatoms. The Morgan fingerprint density at radius 3 is 3.12 bits per heavy atom. The number of hydrogen-bond acceptors (Lipinski definition) is 5. The second-order valence-corrected chi connectivity index (χ2v) is 6.63. The van der Waals surface area contributed by atoms with Gasteiger partial charge < -0.3 is 5.31 Å². The molecule has 4 rings (SSSR count). The van der Waals surface area contributed by atoms with Crippen LogP contribution in [-0.2, 0) is 6.50 Å². The molecule has 0 atom stereocenters. The molecule has 3 heterocycles. The number of likely N-dealkylation sites (tertiary alicyclic amines) is 1. The van der Waals surface area contributed by atoms with Crippen LogP contribution in [0.3, 0.4) is 0 Å². The topological polar surface area (TPSA) is 41.0 Å². The fourth-order valence-electron chi connectivity index (χ4n) is 2.24. The molecular formula is C18H18ClFN4S. The third-order valence-corrected chi connectivity index (χ3v) is 4.43. The molecule has 1 aliphatic heterocycles. The Balaban J connectivity index is 1.76. The zero-order valence-electron chi connectivity index (χ0n) is 23.6. The summed E-state index contributed by atoms with van der Waals surface area (Å²) in [6, 6.07) is -3.74. The summed E-state index contributed by atoms with van der Waals surface area (Å²) in [4.78, 5) is 8.95. The van der Waals surface area contributed by atoms with Gasteiger partial charge in [0.05, 0.1) is 15.2 Å². The molecular weight excluding hydrogens is 359 g/mol. The number of benzene rings is 1. The molecule has 130 valence electrons. The van der Waals surface area contributed by atoms with Crippen molar-refractivity contribution in [1.82, 2.24) is 14.9 Å². The van der Waals surface area contributed by atoms with Gasteiger partial charge in [0, 0.05) is 33.9 Å². The van der Waals surface area contributed by atoms with E-state index >= 15 is 0 Å². The first-order chi connectivity index (χ1) is 16.5. The van der Waals surface area contributed by atoms with E-state index in [2.05, 4.69) is 9.97 Å². The van der Waals surface area contributed by atoms with E-state index in [9.17, 15) is 4.39 Å². The summed E-state index contributed by atoms with van der Waals surface area (Å²) in [5.41, 5.74) is -0.756. The van der Waals surface area contributed by atoms with Crippen LogP contribution < -0.4 is 5.31 Å². The van der Waals surface area contributed by atoms with Crippen LogP contribution in [0.15, 0.2) is 36.6 Å². The second-order valence-electron chi connectivity index (χ2n) is 5.03. The van der Waals surface area contributed by atoms with E-state index in [1.54, 1.807) is 0 Å². The molecule has 2 aromatic heterocycles. The lowest BCUT2D eigenvalue weighted by atomic mass is 10.0. The first-order valence-corrected chi connectivity index (χ1v) is 8.39. The van der Waals surface area contributed by atoms with E-state index in [0.29, 0.717) is 5.31 Å². The molecule has 0 amide bonds. The van der Waals surface area contributed by atoms with Crippen molar-refractivity contribution in [1.29, 1.82) is 0 Å². The monoisotopic (exact) mass is 387 g/mol. The smallest absolute Gasteiger partial charge is 0.162 e. The molecule has 4 nitrogen and oxygen atoms in total. The third kappa shape index (κ3) is 3.92. The molecule has 1 fully saturated rings. The highest BCUT2D eigenvalue weighted by Gasteiger charge is 2.20. The molecule has 25 heavy (non-hydrogen) atoms. The van der Waals surface area contributed by atoms with E-state index in [1.165, 1.54) is 0 Å². The number of fused-ring (bicyclic) bond motifs is 1. The van der Waals surface area contributed by atoms with Gasteiger partial charge in [-0.05, 0) is 36.4 Å². The van der Waals surface area contributed by atoms with Crippen molar-refractivity contribution >= 4 is 39.0 Å². The first kappa shape index (κ1) is 8.29. The number of nitrogens with one attached hydrogen (secondary N) is 1. The number of halogens is 2. The average Bonchev–Trinajstić information content (AvgIpc) is 3.03. The van der Waals surface area contributed by atoms with Gasteiger partial charge in [-0.25, -0.2) is 14.4 Å². The molecule has 0 aliphatic carbocycles. The molecule has 1 aromatic carbocycles. The summed E-state index contributed by atoms with van der Waals surface area (Å²) in [6.07, 6.45) is -4.12. The highest BCUT2D eigenvalue weighted by molar-refractivity contribution is 7.22. The van der Waals surface area contributed by atoms with Crippen LogP contribution in [-0.4, -0.2) is 34.0 Å². The molecule has 3 aromatic rings. The highest BCUT2D eigenvalue weighted by Crippen LogP contribution is 2.32. The van der Waals surface area contributed by atoms with Crippen molar-refractivity contribution < 1.29 is 19.5 Å². The Morgan fingerprint density at radius 2 is 2.28 bits per heavy atom. The largest absolute Gasteiger partial charge is 0.367 e. The van der Waals surface area contributed by atoms with Crippen molar-refractivity contribution in [3.05, 3.63) is 52.3 Å². The molecule has 0 unspecified atom stereocenters. The maximum atomic E-state index is 14.2. The van der Waals surface area contributed by atoms with Crippen LogP contribution in [0, 0.1) is 5.82 Å². The van der Waals surface area contributed by atoms with E-state index in [0.717, 1.165) is 28.6 Å². The van der Waals surface area contributed by atoms with Gasteiger partial charge >= 0.3 is 0 Å². The van der Waals surface area contributed by atoms with Crippen LogP contribution >= 0.6 is 22.9 Å². The van der Waals surface area contributed by atoms with Gasteiger partial charge in [-0.2, -0.15) is 0 Å². The molecule has 0 radical (unpaired) electrons. The molecule has 0 saturated carbocycles. The van der Waals surface area contributed by atoms with Gasteiger partial charge in [0.25, 0.3) is 0 Å². The Kier molecular flexibility index (Phi) is 2.40. The van der Waals surface area contributed by atoms with Crippen molar-refractivity contribution in [2.45, 2.75) is 25.3 Å². The molecule has 1 aliphatic rings. The first-order valence-electron chi connectivity index (χ1n) is 12.6. The predicted octanol–water partition coefficient (Wildman–Crippen LogP) is 4.56. The van der Waals surface area contributed by atoms with Crippen LogP contribution in [0.4, 0.5) is 10.2 Å². The van der Waals surface area contributed by atoms with E-state index < -0.39 is 67.9 Å². The van der Waals surface area contributed by atoms with E-state index in [-0.39, 0.29) is 26.4 Å². The predicted molar refractivity (Wildman–Crippen MR) is 101 cm³/mol. The van der Waals surface area contributed by atoms with Gasteiger partial charge in [0.2, 0.25) is 0 Å². The third-order valence-electron chi connectivity index (χ3n) is 3.32. The summed E-state index contributed by atoms with van der Waals surface area (Å²) in [6.45, 7) is -4.41. The zero-order chi connectivity index (χ0) is 27.0. The van der Waals surface area contributed by atoms with Crippen molar-refractivity contribution in [3.63, 3.8) is 0 Å². The fourth-order valence-corrected chi connectivity index (χ4v) is 3.22. The highest BCUT2D eigenvalue weighted by atomic mass is 35.5. The second kappa shape index (κ2) is 7.23. The minimum atomic E-state index is -2.85. The van der Waals surface area contributed by atoms with Gasteiger partial charge in [0.15, 0.2) is 1.41 Å². The van der Waals surface area contributed by atoms with Gasteiger partial charge in [-0.15, -0.1) is 11.3 Å². The lowest BCUT2D eigenvalue weighted by molar-refractivity contribution is 0.211. The van der Waals surface area contributed by atoms with Gasteiger partial charge in [0.1, 0.15) is 22.8 Å². The summed E-state index contributed by atoms with van der Waals surface area (Å²) in [5, 5.41) is 0.564. The van der Waals surface area contributed by atoms with Crippen molar-refractivity contribution in [2.24, 2.45) is 0 Å². The van der Waals surface area contributed by atoms with Gasteiger partial charge in [-0.1, -0.05) is 23.7 Å².